The van der Waals surface area contributed by atoms with Crippen LogP contribution in [-0.2, 0) is 6.42 Å². The van der Waals surface area contributed by atoms with Crippen LogP contribution in [0.3, 0.4) is 0 Å². The number of aromatic nitrogens is 1. The lowest BCUT2D eigenvalue weighted by molar-refractivity contribution is 0.0663. The van der Waals surface area contributed by atoms with Gasteiger partial charge >= 0.3 is 0 Å². The first-order valence-corrected chi connectivity index (χ1v) is 8.26. The Morgan fingerprint density at radius 2 is 2.00 bits per heavy atom. The van der Waals surface area contributed by atoms with Crippen molar-refractivity contribution in [1.82, 2.24) is 9.88 Å². The summed E-state index contributed by atoms with van der Waals surface area (Å²) in [7, 11) is 0. The summed E-state index contributed by atoms with van der Waals surface area (Å²) in [4.78, 5) is 17.9. The molecule has 1 saturated heterocycles. The molecule has 1 unspecified atom stereocenters. The number of nitrogens with zero attached hydrogens (tertiary/aromatic N) is 2. The highest BCUT2D eigenvalue weighted by Gasteiger charge is 2.25. The van der Waals surface area contributed by atoms with Crippen LogP contribution >= 0.6 is 0 Å². The van der Waals surface area contributed by atoms with E-state index >= 15 is 0 Å². The molecule has 3 nitrogen and oxygen atoms in total. The lowest BCUT2D eigenvalue weighted by atomic mass is 9.91. The minimum absolute atomic E-state index is 0.0872. The molecule has 0 aliphatic carbocycles. The molecule has 1 aliphatic heterocycles. The van der Waals surface area contributed by atoms with E-state index in [1.807, 2.05) is 0 Å². The molecule has 2 aromatic rings. The van der Waals surface area contributed by atoms with E-state index in [9.17, 15) is 13.6 Å². The first kappa shape index (κ1) is 16.6. The van der Waals surface area contributed by atoms with E-state index in [1.54, 1.807) is 17.0 Å². The van der Waals surface area contributed by atoms with Crippen molar-refractivity contribution in [2.24, 2.45) is 5.92 Å². The van der Waals surface area contributed by atoms with Crippen LogP contribution in [0.2, 0.25) is 0 Å². The number of halogens is 2. The van der Waals surface area contributed by atoms with Crippen molar-refractivity contribution in [3.8, 4) is 0 Å². The van der Waals surface area contributed by atoms with Gasteiger partial charge in [0.2, 0.25) is 0 Å². The fourth-order valence-electron chi connectivity index (χ4n) is 3.23. The van der Waals surface area contributed by atoms with Gasteiger partial charge in [-0.1, -0.05) is 12.1 Å². The Morgan fingerprint density at radius 3 is 2.75 bits per heavy atom. The summed E-state index contributed by atoms with van der Waals surface area (Å²) in [5.74, 6) is -0.678. The van der Waals surface area contributed by atoms with Gasteiger partial charge in [-0.05, 0) is 55.4 Å². The van der Waals surface area contributed by atoms with Gasteiger partial charge in [-0.3, -0.25) is 9.78 Å². The Hall–Kier alpha value is -2.30. The van der Waals surface area contributed by atoms with E-state index in [1.165, 1.54) is 24.4 Å². The second-order valence-electron chi connectivity index (χ2n) is 6.28. The second-order valence-corrected chi connectivity index (χ2v) is 6.28. The molecule has 24 heavy (non-hydrogen) atoms. The molecule has 5 heteroatoms. The molecule has 3 rings (SSSR count). The van der Waals surface area contributed by atoms with Gasteiger partial charge in [-0.2, -0.15) is 0 Å². The number of amides is 1. The van der Waals surface area contributed by atoms with Crippen molar-refractivity contribution in [2.75, 3.05) is 13.1 Å². The average molecular weight is 330 g/mol. The van der Waals surface area contributed by atoms with Crippen LogP contribution in [0, 0.1) is 17.6 Å². The number of hydrogen-bond acceptors (Lipinski definition) is 2. The van der Waals surface area contributed by atoms with E-state index in [-0.39, 0.29) is 17.3 Å². The largest absolute Gasteiger partial charge is 0.338 e. The minimum Gasteiger partial charge on any atom is -0.338 e. The second kappa shape index (κ2) is 7.51. The standard InChI is InChI=1S/C19H20F2N2O/c20-16-7-5-14(6-8-16)3-4-15-2-1-11-23(13-15)19(24)17-9-10-22-12-18(17)21/h5-10,12,15H,1-4,11,13H2. The first-order valence-electron chi connectivity index (χ1n) is 8.26. The first-order chi connectivity index (χ1) is 11.6. The molecule has 126 valence electrons. The monoisotopic (exact) mass is 330 g/mol. The quantitative estimate of drug-likeness (QED) is 0.853. The average Bonchev–Trinajstić information content (AvgIpc) is 2.61. The van der Waals surface area contributed by atoms with Gasteiger partial charge in [0.05, 0.1) is 11.8 Å². The summed E-state index contributed by atoms with van der Waals surface area (Å²) in [6.07, 6.45) is 6.29. The predicted octanol–water partition coefficient (Wildman–Crippen LogP) is 3.84. The topological polar surface area (TPSA) is 33.2 Å². The molecule has 0 spiro atoms. The highest BCUT2D eigenvalue weighted by molar-refractivity contribution is 5.94. The number of hydrogen-bond donors (Lipinski definition) is 0. The smallest absolute Gasteiger partial charge is 0.256 e. The van der Waals surface area contributed by atoms with Gasteiger partial charge < -0.3 is 4.90 Å². The predicted molar refractivity (Wildman–Crippen MR) is 87.5 cm³/mol. The van der Waals surface area contributed by atoms with Crippen molar-refractivity contribution >= 4 is 5.91 Å². The summed E-state index contributed by atoms with van der Waals surface area (Å²) in [5.41, 5.74) is 1.18. The molecule has 2 heterocycles. The molecule has 1 aromatic carbocycles. The van der Waals surface area contributed by atoms with Crippen molar-refractivity contribution in [3.63, 3.8) is 0 Å². The molecule has 1 fully saturated rings. The summed E-state index contributed by atoms with van der Waals surface area (Å²) in [6, 6.07) is 7.97. The zero-order chi connectivity index (χ0) is 16.9. The molecular weight excluding hydrogens is 310 g/mol. The normalized spacial score (nSPS) is 17.8. The SMILES string of the molecule is O=C(c1ccncc1F)N1CCCC(CCc2ccc(F)cc2)C1. The van der Waals surface area contributed by atoms with E-state index < -0.39 is 5.82 Å². The number of pyridine rings is 1. The molecule has 1 aliphatic rings. The lowest BCUT2D eigenvalue weighted by Gasteiger charge is -2.33. The summed E-state index contributed by atoms with van der Waals surface area (Å²) in [6.45, 7) is 1.30. The Morgan fingerprint density at radius 1 is 1.21 bits per heavy atom. The van der Waals surface area contributed by atoms with Crippen molar-refractivity contribution in [3.05, 3.63) is 65.5 Å². The number of piperidine rings is 1. The van der Waals surface area contributed by atoms with Crippen LogP contribution in [0.25, 0.3) is 0 Å². The van der Waals surface area contributed by atoms with Gasteiger partial charge in [0.25, 0.3) is 5.91 Å². The minimum atomic E-state index is -0.573. The summed E-state index contributed by atoms with van der Waals surface area (Å²) >= 11 is 0. The number of aryl methyl sites for hydroxylation is 1. The third-order valence-electron chi connectivity index (χ3n) is 4.56. The van der Waals surface area contributed by atoms with Crippen LogP contribution in [0.15, 0.2) is 42.7 Å². The van der Waals surface area contributed by atoms with E-state index in [0.29, 0.717) is 19.0 Å². The number of benzene rings is 1. The van der Waals surface area contributed by atoms with Crippen LogP contribution in [-0.4, -0.2) is 28.9 Å². The third-order valence-corrected chi connectivity index (χ3v) is 4.56. The van der Waals surface area contributed by atoms with Crippen molar-refractivity contribution < 1.29 is 13.6 Å². The zero-order valence-corrected chi connectivity index (χ0v) is 13.4. The fraction of sp³-hybridized carbons (Fsp3) is 0.368. The van der Waals surface area contributed by atoms with Crippen LogP contribution < -0.4 is 0 Å². The molecular formula is C19H20F2N2O. The van der Waals surface area contributed by atoms with Crippen molar-refractivity contribution in [1.29, 1.82) is 0 Å². The van der Waals surface area contributed by atoms with E-state index in [4.69, 9.17) is 0 Å². The molecule has 1 atom stereocenters. The number of rotatable bonds is 4. The number of carbonyl (C=O) groups is 1. The molecule has 0 bridgehead atoms. The Kier molecular flexibility index (Phi) is 5.18. The Labute approximate surface area is 140 Å². The highest BCUT2D eigenvalue weighted by atomic mass is 19.1. The molecule has 0 N–H and O–H groups in total. The highest BCUT2D eigenvalue weighted by Crippen LogP contribution is 2.23. The third kappa shape index (κ3) is 3.96. The number of carbonyl (C=O) groups excluding carboxylic acids is 1. The fourth-order valence-corrected chi connectivity index (χ4v) is 3.23. The van der Waals surface area contributed by atoms with Crippen LogP contribution in [0.1, 0.15) is 35.2 Å². The molecule has 1 aromatic heterocycles. The molecule has 1 amide bonds. The molecule has 0 saturated carbocycles. The van der Waals surface area contributed by atoms with Gasteiger partial charge in [0.15, 0.2) is 5.82 Å². The van der Waals surface area contributed by atoms with Gasteiger partial charge in [-0.25, -0.2) is 8.78 Å². The molecule has 0 radical (unpaired) electrons. The van der Waals surface area contributed by atoms with Gasteiger partial charge in [0.1, 0.15) is 5.82 Å². The summed E-state index contributed by atoms with van der Waals surface area (Å²) < 4.78 is 26.7. The maximum absolute atomic E-state index is 13.8. The lowest BCUT2D eigenvalue weighted by Crippen LogP contribution is -2.40. The maximum Gasteiger partial charge on any atom is 0.256 e. The van der Waals surface area contributed by atoms with Crippen molar-refractivity contribution in [2.45, 2.75) is 25.7 Å². The van der Waals surface area contributed by atoms with E-state index in [2.05, 4.69) is 4.98 Å². The van der Waals surface area contributed by atoms with Crippen LogP contribution in [0.5, 0.6) is 0 Å². The van der Waals surface area contributed by atoms with Gasteiger partial charge in [0, 0.05) is 19.3 Å². The Bertz CT molecular complexity index is 703. The number of likely N-dealkylation sites (tertiary alicyclic amines) is 1. The maximum atomic E-state index is 13.8. The summed E-state index contributed by atoms with van der Waals surface area (Å²) in [5, 5.41) is 0. The Balaban J connectivity index is 1.59. The zero-order valence-electron chi connectivity index (χ0n) is 13.4. The van der Waals surface area contributed by atoms with Crippen LogP contribution in [0.4, 0.5) is 8.78 Å². The van der Waals surface area contributed by atoms with Gasteiger partial charge in [-0.15, -0.1) is 0 Å². The van der Waals surface area contributed by atoms with E-state index in [0.717, 1.165) is 37.4 Å².